The van der Waals surface area contributed by atoms with E-state index in [1.54, 1.807) is 24.1 Å². The normalized spacial score (nSPS) is 17.2. The monoisotopic (exact) mass is 351 g/mol. The Kier molecular flexibility index (Phi) is 7.66. The van der Waals surface area contributed by atoms with Crippen LogP contribution in [0.15, 0.2) is 24.3 Å². The van der Waals surface area contributed by atoms with Crippen molar-refractivity contribution < 1.29 is 18.7 Å². The number of likely N-dealkylation sites (tertiary alicyclic amines) is 1. The Bertz CT molecular complexity index is 582. The number of halogens is 1. The molecule has 3 amide bonds. The molecule has 0 aliphatic carbocycles. The zero-order chi connectivity index (χ0) is 18.1. The number of methoxy groups -OCH3 is 1. The summed E-state index contributed by atoms with van der Waals surface area (Å²) in [7, 11) is 1.59. The number of carbonyl (C=O) groups is 2. The van der Waals surface area contributed by atoms with E-state index in [2.05, 4.69) is 10.6 Å². The summed E-state index contributed by atoms with van der Waals surface area (Å²) in [6.07, 6.45) is 3.12. The number of ether oxygens (including phenoxy) is 1. The van der Waals surface area contributed by atoms with Crippen molar-refractivity contribution in [3.05, 3.63) is 30.1 Å². The average molecular weight is 351 g/mol. The van der Waals surface area contributed by atoms with Crippen LogP contribution in [0.2, 0.25) is 0 Å². The van der Waals surface area contributed by atoms with Crippen LogP contribution in [0.25, 0.3) is 0 Å². The van der Waals surface area contributed by atoms with Gasteiger partial charge in [-0.25, -0.2) is 9.18 Å². The van der Waals surface area contributed by atoms with E-state index in [0.29, 0.717) is 44.3 Å². The number of nitrogens with zero attached hydrogens (tertiary/aromatic N) is 1. The Morgan fingerprint density at radius 3 is 3.00 bits per heavy atom. The molecule has 1 aromatic carbocycles. The molecule has 0 bridgehead atoms. The SMILES string of the molecule is COCCNC(=O)CCC1CCCN(C(=O)Nc2cccc(F)c2)C1. The van der Waals surface area contributed by atoms with Gasteiger partial charge in [-0.15, -0.1) is 0 Å². The fourth-order valence-corrected chi connectivity index (χ4v) is 2.97. The molecule has 1 saturated heterocycles. The molecule has 2 rings (SSSR count). The van der Waals surface area contributed by atoms with Crippen molar-refractivity contribution in [2.24, 2.45) is 5.92 Å². The highest BCUT2D eigenvalue weighted by molar-refractivity contribution is 5.89. The molecule has 1 aromatic rings. The van der Waals surface area contributed by atoms with E-state index >= 15 is 0 Å². The van der Waals surface area contributed by atoms with Gasteiger partial charge in [-0.1, -0.05) is 6.07 Å². The van der Waals surface area contributed by atoms with Crippen LogP contribution in [0.1, 0.15) is 25.7 Å². The summed E-state index contributed by atoms with van der Waals surface area (Å²) in [5.74, 6) is -0.0626. The second-order valence-electron chi connectivity index (χ2n) is 6.28. The molecule has 2 N–H and O–H groups in total. The number of benzene rings is 1. The van der Waals surface area contributed by atoms with Crippen molar-refractivity contribution in [3.8, 4) is 0 Å². The molecule has 1 aliphatic rings. The lowest BCUT2D eigenvalue weighted by molar-refractivity contribution is -0.121. The van der Waals surface area contributed by atoms with Crippen molar-refractivity contribution in [1.29, 1.82) is 0 Å². The van der Waals surface area contributed by atoms with E-state index in [1.165, 1.54) is 12.1 Å². The van der Waals surface area contributed by atoms with Crippen molar-refractivity contribution in [2.75, 3.05) is 38.7 Å². The Morgan fingerprint density at radius 2 is 2.24 bits per heavy atom. The second-order valence-corrected chi connectivity index (χ2v) is 6.28. The van der Waals surface area contributed by atoms with Crippen LogP contribution in [0.5, 0.6) is 0 Å². The lowest BCUT2D eigenvalue weighted by atomic mass is 9.93. The van der Waals surface area contributed by atoms with E-state index in [-0.39, 0.29) is 17.8 Å². The van der Waals surface area contributed by atoms with Gasteiger partial charge < -0.3 is 20.3 Å². The number of hydrogen-bond acceptors (Lipinski definition) is 3. The predicted molar refractivity (Wildman–Crippen MR) is 93.8 cm³/mol. The first-order valence-corrected chi connectivity index (χ1v) is 8.65. The molecule has 138 valence electrons. The highest BCUT2D eigenvalue weighted by atomic mass is 19.1. The van der Waals surface area contributed by atoms with Gasteiger partial charge in [0.05, 0.1) is 6.61 Å². The molecule has 1 fully saturated rings. The fourth-order valence-electron chi connectivity index (χ4n) is 2.97. The molecule has 0 saturated carbocycles. The molecular weight excluding hydrogens is 325 g/mol. The van der Waals surface area contributed by atoms with Gasteiger partial charge in [-0.3, -0.25) is 4.79 Å². The Morgan fingerprint density at radius 1 is 1.40 bits per heavy atom. The molecule has 6 nitrogen and oxygen atoms in total. The highest BCUT2D eigenvalue weighted by Gasteiger charge is 2.24. The van der Waals surface area contributed by atoms with Crippen molar-refractivity contribution in [3.63, 3.8) is 0 Å². The van der Waals surface area contributed by atoms with Gasteiger partial charge in [-0.2, -0.15) is 0 Å². The summed E-state index contributed by atoms with van der Waals surface area (Å²) in [6.45, 7) is 2.32. The zero-order valence-electron chi connectivity index (χ0n) is 14.6. The van der Waals surface area contributed by atoms with Gasteiger partial charge in [0, 0.05) is 38.9 Å². The topological polar surface area (TPSA) is 70.7 Å². The van der Waals surface area contributed by atoms with Crippen LogP contribution in [0.3, 0.4) is 0 Å². The lowest BCUT2D eigenvalue weighted by Crippen LogP contribution is -2.42. The van der Waals surface area contributed by atoms with Gasteiger partial charge in [0.15, 0.2) is 0 Å². The lowest BCUT2D eigenvalue weighted by Gasteiger charge is -2.32. The van der Waals surface area contributed by atoms with Crippen LogP contribution in [0.4, 0.5) is 14.9 Å². The molecule has 1 atom stereocenters. The number of hydrogen-bond donors (Lipinski definition) is 2. The summed E-state index contributed by atoms with van der Waals surface area (Å²) in [6, 6.07) is 5.63. The maximum Gasteiger partial charge on any atom is 0.321 e. The van der Waals surface area contributed by atoms with E-state index in [0.717, 1.165) is 19.3 Å². The van der Waals surface area contributed by atoms with E-state index in [1.807, 2.05) is 0 Å². The minimum Gasteiger partial charge on any atom is -0.383 e. The molecule has 1 heterocycles. The molecular formula is C18H26FN3O3. The number of piperidine rings is 1. The average Bonchev–Trinajstić information content (AvgIpc) is 2.60. The van der Waals surface area contributed by atoms with Crippen molar-refractivity contribution >= 4 is 17.6 Å². The first-order chi connectivity index (χ1) is 12.1. The first kappa shape index (κ1) is 19.2. The van der Waals surface area contributed by atoms with Gasteiger partial charge >= 0.3 is 6.03 Å². The molecule has 1 aliphatic heterocycles. The third kappa shape index (κ3) is 6.70. The van der Waals surface area contributed by atoms with Gasteiger partial charge in [0.1, 0.15) is 5.82 Å². The summed E-state index contributed by atoms with van der Waals surface area (Å²) in [5.41, 5.74) is 0.449. The Labute approximate surface area is 147 Å². The molecule has 1 unspecified atom stereocenters. The van der Waals surface area contributed by atoms with Crippen molar-refractivity contribution in [2.45, 2.75) is 25.7 Å². The fraction of sp³-hybridized carbons (Fsp3) is 0.556. The number of rotatable bonds is 7. The number of carbonyl (C=O) groups excluding carboxylic acids is 2. The number of anilines is 1. The summed E-state index contributed by atoms with van der Waals surface area (Å²) in [4.78, 5) is 25.8. The third-order valence-corrected chi connectivity index (χ3v) is 4.29. The molecule has 0 radical (unpaired) electrons. The van der Waals surface area contributed by atoms with Crippen LogP contribution in [-0.2, 0) is 9.53 Å². The van der Waals surface area contributed by atoms with Crippen LogP contribution < -0.4 is 10.6 Å². The van der Waals surface area contributed by atoms with E-state index in [9.17, 15) is 14.0 Å². The van der Waals surface area contributed by atoms with Crippen LogP contribution in [0, 0.1) is 11.7 Å². The highest BCUT2D eigenvalue weighted by Crippen LogP contribution is 2.22. The summed E-state index contributed by atoms with van der Waals surface area (Å²) in [5, 5.41) is 5.53. The molecule has 0 aromatic heterocycles. The summed E-state index contributed by atoms with van der Waals surface area (Å²) < 4.78 is 18.1. The van der Waals surface area contributed by atoms with Gasteiger partial charge in [0.2, 0.25) is 5.91 Å². The predicted octanol–water partition coefficient (Wildman–Crippen LogP) is 2.61. The number of amides is 3. The summed E-state index contributed by atoms with van der Waals surface area (Å²) >= 11 is 0. The van der Waals surface area contributed by atoms with E-state index < -0.39 is 0 Å². The third-order valence-electron chi connectivity index (χ3n) is 4.29. The Hall–Kier alpha value is -2.15. The second kappa shape index (κ2) is 9.98. The quantitative estimate of drug-likeness (QED) is 0.742. The van der Waals surface area contributed by atoms with Gasteiger partial charge in [0.25, 0.3) is 0 Å². The maximum atomic E-state index is 13.2. The minimum atomic E-state index is -0.381. The van der Waals surface area contributed by atoms with Crippen LogP contribution >= 0.6 is 0 Å². The van der Waals surface area contributed by atoms with Crippen molar-refractivity contribution in [1.82, 2.24) is 10.2 Å². The standard InChI is InChI=1S/C18H26FN3O3/c1-25-11-9-20-17(23)8-7-14-4-3-10-22(13-14)18(24)21-16-6-2-5-15(19)12-16/h2,5-6,12,14H,3-4,7-11,13H2,1H3,(H,20,23)(H,21,24). The number of urea groups is 1. The van der Waals surface area contributed by atoms with Crippen LogP contribution in [-0.4, -0.2) is 50.2 Å². The molecule has 7 heteroatoms. The van der Waals surface area contributed by atoms with Gasteiger partial charge in [-0.05, 0) is 43.4 Å². The molecule has 0 spiro atoms. The number of nitrogens with one attached hydrogen (secondary N) is 2. The zero-order valence-corrected chi connectivity index (χ0v) is 14.6. The smallest absolute Gasteiger partial charge is 0.321 e. The first-order valence-electron chi connectivity index (χ1n) is 8.65. The maximum absolute atomic E-state index is 13.2. The molecule has 25 heavy (non-hydrogen) atoms. The Balaban J connectivity index is 1.76. The van der Waals surface area contributed by atoms with E-state index in [4.69, 9.17) is 4.74 Å². The minimum absolute atomic E-state index is 0.0124. The largest absolute Gasteiger partial charge is 0.383 e.